The van der Waals surface area contributed by atoms with Gasteiger partial charge in [0.1, 0.15) is 11.5 Å². The van der Waals surface area contributed by atoms with Gasteiger partial charge in [-0.2, -0.15) is 5.10 Å². The number of aryl methyl sites for hydroxylation is 1. The second-order valence-corrected chi connectivity index (χ2v) is 6.46. The smallest absolute Gasteiger partial charge is 0.255 e. The average molecular weight is 361 g/mol. The first-order valence-corrected chi connectivity index (χ1v) is 8.69. The highest BCUT2D eigenvalue weighted by atomic mass is 16.3. The monoisotopic (exact) mass is 361 g/mol. The number of phenols is 2. The van der Waals surface area contributed by atoms with Crippen molar-refractivity contribution >= 4 is 11.7 Å². The van der Waals surface area contributed by atoms with Crippen molar-refractivity contribution in [2.75, 3.05) is 6.54 Å². The number of benzene rings is 1. The number of aromatic hydroxyl groups is 2. The number of hydrogen-bond donors (Lipinski definition) is 6. The Kier molecular flexibility index (Phi) is 6.46. The predicted molar refractivity (Wildman–Crippen MR) is 101 cm³/mol. The van der Waals surface area contributed by atoms with E-state index < -0.39 is 5.91 Å². The maximum Gasteiger partial charge on any atom is 0.255 e. The second kappa shape index (κ2) is 8.57. The average Bonchev–Trinajstić information content (AvgIpc) is 2.61. The molecule has 1 aliphatic rings. The molecule has 0 aliphatic heterocycles. The van der Waals surface area contributed by atoms with Gasteiger partial charge in [-0.15, -0.1) is 0 Å². The van der Waals surface area contributed by atoms with Crippen LogP contribution < -0.4 is 22.4 Å². The molecule has 26 heavy (non-hydrogen) atoms. The molecule has 0 saturated heterocycles. The van der Waals surface area contributed by atoms with Gasteiger partial charge < -0.3 is 26.8 Å². The minimum atomic E-state index is -0.478. The van der Waals surface area contributed by atoms with Crippen LogP contribution in [0.4, 0.5) is 0 Å². The highest BCUT2D eigenvalue weighted by molar-refractivity contribution is 6.01. The largest absolute Gasteiger partial charge is 0.507 e. The Bertz CT molecular complexity index is 743. The van der Waals surface area contributed by atoms with E-state index in [0.29, 0.717) is 17.5 Å². The Labute approximate surface area is 152 Å². The van der Waals surface area contributed by atoms with E-state index in [1.165, 1.54) is 5.57 Å². The van der Waals surface area contributed by atoms with Crippen molar-refractivity contribution in [3.8, 4) is 11.5 Å². The summed E-state index contributed by atoms with van der Waals surface area (Å²) in [6.07, 6.45) is 5.32. The topological polar surface area (TPSA) is 146 Å². The summed E-state index contributed by atoms with van der Waals surface area (Å²) in [4.78, 5) is 12.7. The zero-order valence-corrected chi connectivity index (χ0v) is 15.2. The normalized spacial score (nSPS) is 17.6. The third-order valence-electron chi connectivity index (χ3n) is 4.69. The van der Waals surface area contributed by atoms with Gasteiger partial charge in [0.05, 0.1) is 12.1 Å². The fourth-order valence-electron chi connectivity index (χ4n) is 3.35. The summed E-state index contributed by atoms with van der Waals surface area (Å²) in [5.74, 6) is 9.84. The summed E-state index contributed by atoms with van der Waals surface area (Å²) in [7, 11) is 0. The Morgan fingerprint density at radius 3 is 2.73 bits per heavy atom. The lowest BCUT2D eigenvalue weighted by atomic mass is 9.83. The summed E-state index contributed by atoms with van der Waals surface area (Å²) < 4.78 is 0. The summed E-state index contributed by atoms with van der Waals surface area (Å²) in [6, 6.07) is 1.56. The molecule has 0 bridgehead atoms. The highest BCUT2D eigenvalue weighted by Gasteiger charge is 2.27. The molecule has 0 aromatic heterocycles. The van der Waals surface area contributed by atoms with Crippen LogP contribution in [0.1, 0.15) is 60.5 Å². The van der Waals surface area contributed by atoms with Crippen molar-refractivity contribution in [3.05, 3.63) is 34.4 Å². The van der Waals surface area contributed by atoms with Crippen molar-refractivity contribution in [2.24, 2.45) is 16.8 Å². The lowest BCUT2D eigenvalue weighted by Gasteiger charge is -2.24. The molecular formula is C18H27N5O3. The number of carbonyl (C=O) groups is 1. The van der Waals surface area contributed by atoms with E-state index >= 15 is 0 Å². The van der Waals surface area contributed by atoms with Gasteiger partial charge in [0.2, 0.25) is 0 Å². The molecule has 1 aromatic rings. The number of nitrogens with zero attached hydrogens (tertiary/aromatic N) is 1. The first-order chi connectivity index (χ1) is 12.4. The first-order valence-electron chi connectivity index (χ1n) is 8.69. The number of amidine groups is 1. The van der Waals surface area contributed by atoms with Gasteiger partial charge in [0.25, 0.3) is 5.91 Å². The third-order valence-corrected chi connectivity index (χ3v) is 4.69. The number of rotatable bonds is 5. The molecule has 1 aliphatic carbocycles. The van der Waals surface area contributed by atoms with E-state index in [4.69, 9.17) is 11.7 Å². The molecule has 0 spiro atoms. The maximum absolute atomic E-state index is 12.7. The minimum Gasteiger partial charge on any atom is -0.507 e. The second-order valence-electron chi connectivity index (χ2n) is 6.46. The van der Waals surface area contributed by atoms with Gasteiger partial charge in [-0.05, 0) is 44.2 Å². The number of nitrogens with two attached hydrogens (primary N) is 2. The van der Waals surface area contributed by atoms with Crippen molar-refractivity contribution in [1.29, 1.82) is 0 Å². The summed E-state index contributed by atoms with van der Waals surface area (Å²) in [5, 5.41) is 27.3. The molecule has 1 atom stereocenters. The molecule has 0 fully saturated rings. The first kappa shape index (κ1) is 19.6. The molecule has 8 nitrogen and oxygen atoms in total. The standard InChI is InChI=1S/C18H27N5O3/c1-3-11-8-13(24)15(12-6-4-5-10(2)7-12)17(25)16(11)18(26)21-9-14(22-19)23-20/h7-8,12,24-25H,3-6,9,19-20H2,1-2H3,(H,21,26)(H,22,23). The quantitative estimate of drug-likeness (QED) is 0.153. The van der Waals surface area contributed by atoms with E-state index in [-0.39, 0.29) is 35.4 Å². The number of hydrogen-bond acceptors (Lipinski definition) is 6. The minimum absolute atomic E-state index is 0.00687. The molecule has 0 heterocycles. The molecule has 1 aromatic carbocycles. The van der Waals surface area contributed by atoms with Crippen molar-refractivity contribution in [3.63, 3.8) is 0 Å². The van der Waals surface area contributed by atoms with Crippen molar-refractivity contribution < 1.29 is 15.0 Å². The Balaban J connectivity index is 2.43. The fourth-order valence-corrected chi connectivity index (χ4v) is 3.35. The SMILES string of the molecule is CCc1cc(O)c(C2C=C(C)CCC2)c(O)c1C(=O)NC/C(=N/N)NN. The van der Waals surface area contributed by atoms with Crippen LogP contribution in [0.3, 0.4) is 0 Å². The number of hydrazone groups is 1. The number of hydrazine groups is 1. The van der Waals surface area contributed by atoms with Gasteiger partial charge in [-0.1, -0.05) is 18.6 Å². The highest BCUT2D eigenvalue weighted by Crippen LogP contribution is 2.43. The van der Waals surface area contributed by atoms with E-state index in [0.717, 1.165) is 19.3 Å². The van der Waals surface area contributed by atoms with E-state index in [1.807, 2.05) is 19.9 Å². The van der Waals surface area contributed by atoms with Gasteiger partial charge in [0.15, 0.2) is 5.84 Å². The summed E-state index contributed by atoms with van der Waals surface area (Å²) in [5.41, 5.74) is 4.61. The molecule has 142 valence electrons. The Hall–Kier alpha value is -2.74. The van der Waals surface area contributed by atoms with E-state index in [9.17, 15) is 15.0 Å². The molecule has 1 amide bonds. The van der Waals surface area contributed by atoms with Crippen LogP contribution in [-0.4, -0.2) is 28.5 Å². The van der Waals surface area contributed by atoms with Crippen LogP contribution in [0.2, 0.25) is 0 Å². The molecule has 8 heteroatoms. The third kappa shape index (κ3) is 4.08. The maximum atomic E-state index is 12.7. The van der Waals surface area contributed by atoms with Crippen LogP contribution in [0.5, 0.6) is 11.5 Å². The van der Waals surface area contributed by atoms with Crippen LogP contribution in [0.15, 0.2) is 22.8 Å². The Morgan fingerprint density at radius 2 is 2.15 bits per heavy atom. The van der Waals surface area contributed by atoms with Gasteiger partial charge in [-0.25, -0.2) is 5.84 Å². The fraction of sp³-hybridized carbons (Fsp3) is 0.444. The van der Waals surface area contributed by atoms with Crippen LogP contribution in [0, 0.1) is 0 Å². The van der Waals surface area contributed by atoms with Crippen LogP contribution in [-0.2, 0) is 6.42 Å². The van der Waals surface area contributed by atoms with Gasteiger partial charge >= 0.3 is 0 Å². The number of allylic oxidation sites excluding steroid dienone is 2. The zero-order valence-electron chi connectivity index (χ0n) is 15.2. The van der Waals surface area contributed by atoms with Crippen molar-refractivity contribution in [2.45, 2.75) is 45.4 Å². The molecule has 1 unspecified atom stereocenters. The van der Waals surface area contributed by atoms with Gasteiger partial charge in [-0.3, -0.25) is 4.79 Å². The number of amides is 1. The number of carbonyl (C=O) groups excluding carboxylic acids is 1. The van der Waals surface area contributed by atoms with E-state index in [2.05, 4.69) is 15.8 Å². The van der Waals surface area contributed by atoms with Crippen LogP contribution in [0.25, 0.3) is 0 Å². The zero-order chi connectivity index (χ0) is 19.3. The molecule has 0 radical (unpaired) electrons. The summed E-state index contributed by atoms with van der Waals surface area (Å²) >= 11 is 0. The molecular weight excluding hydrogens is 334 g/mol. The van der Waals surface area contributed by atoms with Gasteiger partial charge in [0, 0.05) is 11.5 Å². The molecule has 0 saturated carbocycles. The Morgan fingerprint density at radius 1 is 1.42 bits per heavy atom. The van der Waals surface area contributed by atoms with Crippen LogP contribution >= 0.6 is 0 Å². The molecule has 8 N–H and O–H groups in total. The van der Waals surface area contributed by atoms with Crippen molar-refractivity contribution in [1.82, 2.24) is 10.7 Å². The number of nitrogens with one attached hydrogen (secondary N) is 2. The summed E-state index contributed by atoms with van der Waals surface area (Å²) in [6.45, 7) is 3.87. The van der Waals surface area contributed by atoms with E-state index in [1.54, 1.807) is 6.07 Å². The molecule has 2 rings (SSSR count). The lowest BCUT2D eigenvalue weighted by molar-refractivity contribution is 0.0955. The lowest BCUT2D eigenvalue weighted by Crippen LogP contribution is -2.41. The predicted octanol–water partition coefficient (Wildman–Crippen LogP) is 1.34. The number of phenolic OH excluding ortho intramolecular Hbond substituents is 2.